The first-order chi connectivity index (χ1) is 9.80. The summed E-state index contributed by atoms with van der Waals surface area (Å²) in [5.41, 5.74) is 5.47. The molecule has 1 rings (SSSR count). The minimum absolute atomic E-state index is 0.124. The summed E-state index contributed by atoms with van der Waals surface area (Å²) in [6, 6.07) is 0. The number of aromatic nitrogens is 2. The van der Waals surface area contributed by atoms with Crippen molar-refractivity contribution in [1.29, 1.82) is 0 Å². The Morgan fingerprint density at radius 3 is 2.60 bits per heavy atom. The molecular formula is C13H27N5O2. The lowest BCUT2D eigenvalue weighted by Gasteiger charge is -2.19. The summed E-state index contributed by atoms with van der Waals surface area (Å²) in [5.74, 6) is 0.873. The number of hydrogen-bond acceptors (Lipinski definition) is 6. The Kier molecular flexibility index (Phi) is 8.97. The topological polar surface area (TPSA) is 99.6 Å². The molecule has 5 N–H and O–H groups in total. The van der Waals surface area contributed by atoms with E-state index >= 15 is 0 Å². The van der Waals surface area contributed by atoms with Crippen LogP contribution in [-0.4, -0.2) is 70.6 Å². The predicted molar refractivity (Wildman–Crippen MR) is 79.6 cm³/mol. The van der Waals surface area contributed by atoms with Crippen molar-refractivity contribution in [3.63, 3.8) is 0 Å². The number of aliphatic hydroxyl groups is 2. The van der Waals surface area contributed by atoms with E-state index in [1.54, 1.807) is 0 Å². The molecule has 7 heteroatoms. The maximum Gasteiger partial charge on any atom is 0.144 e. The van der Waals surface area contributed by atoms with Crippen LogP contribution < -0.4 is 11.1 Å². The Balaban J connectivity index is 2.17. The molecule has 0 unspecified atom stereocenters. The molecule has 1 aromatic rings. The highest BCUT2D eigenvalue weighted by molar-refractivity contribution is 5.30. The van der Waals surface area contributed by atoms with Crippen molar-refractivity contribution < 1.29 is 10.2 Å². The molecule has 0 aliphatic carbocycles. The minimum atomic E-state index is 0.124. The maximum atomic E-state index is 8.91. The normalized spacial score (nSPS) is 11.2. The van der Waals surface area contributed by atoms with Crippen LogP contribution >= 0.6 is 0 Å². The average Bonchev–Trinajstić information content (AvgIpc) is 2.89. The molecule has 20 heavy (non-hydrogen) atoms. The molecule has 0 bridgehead atoms. The Morgan fingerprint density at radius 1 is 1.20 bits per heavy atom. The number of aryl methyl sites for hydroxylation is 1. The smallest absolute Gasteiger partial charge is 0.144 e. The van der Waals surface area contributed by atoms with Crippen LogP contribution in [0.2, 0.25) is 0 Å². The Hall–Kier alpha value is -1.15. The Bertz CT molecular complexity index is 339. The van der Waals surface area contributed by atoms with E-state index < -0.39 is 0 Å². The zero-order valence-corrected chi connectivity index (χ0v) is 12.0. The molecule has 0 spiro atoms. The first kappa shape index (κ1) is 16.9. The van der Waals surface area contributed by atoms with Crippen LogP contribution in [0, 0.1) is 0 Å². The zero-order valence-electron chi connectivity index (χ0n) is 12.0. The lowest BCUT2D eigenvalue weighted by molar-refractivity contribution is 0.161. The Labute approximate surface area is 120 Å². The van der Waals surface area contributed by atoms with Gasteiger partial charge >= 0.3 is 0 Å². The van der Waals surface area contributed by atoms with Gasteiger partial charge in [-0.3, -0.25) is 4.90 Å². The predicted octanol–water partition coefficient (Wildman–Crippen LogP) is -0.679. The molecular weight excluding hydrogens is 258 g/mol. The first-order valence-electron chi connectivity index (χ1n) is 7.20. The van der Waals surface area contributed by atoms with Crippen LogP contribution in [0.25, 0.3) is 0 Å². The number of aliphatic hydroxyl groups excluding tert-OH is 2. The van der Waals surface area contributed by atoms with Gasteiger partial charge in [0, 0.05) is 32.4 Å². The fourth-order valence-electron chi connectivity index (χ4n) is 1.98. The average molecular weight is 285 g/mol. The van der Waals surface area contributed by atoms with E-state index in [9.17, 15) is 0 Å². The summed E-state index contributed by atoms with van der Waals surface area (Å²) < 4.78 is 2.03. The SMILES string of the molecule is NCCCn1cnc(NCCCN(CCO)CCO)c1. The Morgan fingerprint density at radius 2 is 1.95 bits per heavy atom. The van der Waals surface area contributed by atoms with E-state index in [0.717, 1.165) is 38.3 Å². The molecule has 0 fully saturated rings. The summed E-state index contributed by atoms with van der Waals surface area (Å²) in [7, 11) is 0. The minimum Gasteiger partial charge on any atom is -0.395 e. The molecule has 0 saturated carbocycles. The largest absolute Gasteiger partial charge is 0.395 e. The van der Waals surface area contributed by atoms with Crippen molar-refractivity contribution in [3.05, 3.63) is 12.5 Å². The number of imidazole rings is 1. The van der Waals surface area contributed by atoms with Crippen LogP contribution in [-0.2, 0) is 6.54 Å². The monoisotopic (exact) mass is 285 g/mol. The molecule has 116 valence electrons. The van der Waals surface area contributed by atoms with Crippen LogP contribution in [0.1, 0.15) is 12.8 Å². The van der Waals surface area contributed by atoms with Gasteiger partial charge in [0.15, 0.2) is 0 Å². The summed E-state index contributed by atoms with van der Waals surface area (Å²) >= 11 is 0. The summed E-state index contributed by atoms with van der Waals surface area (Å²) in [6.07, 6.45) is 5.68. The fourth-order valence-corrected chi connectivity index (χ4v) is 1.98. The first-order valence-corrected chi connectivity index (χ1v) is 7.20. The van der Waals surface area contributed by atoms with E-state index in [4.69, 9.17) is 15.9 Å². The van der Waals surface area contributed by atoms with Gasteiger partial charge in [-0.1, -0.05) is 0 Å². The second-order valence-corrected chi connectivity index (χ2v) is 4.71. The van der Waals surface area contributed by atoms with E-state index in [1.807, 2.05) is 22.0 Å². The van der Waals surface area contributed by atoms with E-state index in [2.05, 4.69) is 10.3 Å². The second-order valence-electron chi connectivity index (χ2n) is 4.71. The fraction of sp³-hybridized carbons (Fsp3) is 0.769. The van der Waals surface area contributed by atoms with Crippen molar-refractivity contribution in [3.8, 4) is 0 Å². The molecule has 7 nitrogen and oxygen atoms in total. The van der Waals surface area contributed by atoms with Gasteiger partial charge in [0.2, 0.25) is 0 Å². The van der Waals surface area contributed by atoms with Crippen LogP contribution in [0.15, 0.2) is 12.5 Å². The highest BCUT2D eigenvalue weighted by atomic mass is 16.3. The third-order valence-corrected chi connectivity index (χ3v) is 3.04. The van der Waals surface area contributed by atoms with E-state index in [0.29, 0.717) is 19.6 Å². The quantitative estimate of drug-likeness (QED) is 0.380. The van der Waals surface area contributed by atoms with E-state index in [1.165, 1.54) is 0 Å². The molecule has 0 aromatic carbocycles. The standard InChI is InChI=1S/C13H27N5O2/c14-3-1-5-18-11-13(16-12-18)15-4-2-6-17(7-9-19)8-10-20/h11-12,15,19-20H,1-10,14H2. The van der Waals surface area contributed by atoms with Crippen molar-refractivity contribution >= 4 is 5.82 Å². The molecule has 0 saturated heterocycles. The second kappa shape index (κ2) is 10.6. The highest BCUT2D eigenvalue weighted by Crippen LogP contribution is 2.03. The molecule has 0 amide bonds. The lowest BCUT2D eigenvalue weighted by Crippen LogP contribution is -2.31. The number of nitrogens with one attached hydrogen (secondary N) is 1. The van der Waals surface area contributed by atoms with Crippen LogP contribution in [0.5, 0.6) is 0 Å². The number of anilines is 1. The van der Waals surface area contributed by atoms with Gasteiger partial charge in [-0.2, -0.15) is 0 Å². The molecule has 0 radical (unpaired) electrons. The van der Waals surface area contributed by atoms with Crippen molar-refractivity contribution in [2.24, 2.45) is 5.73 Å². The molecule has 0 aliphatic rings. The van der Waals surface area contributed by atoms with E-state index in [-0.39, 0.29) is 13.2 Å². The maximum absolute atomic E-state index is 8.91. The van der Waals surface area contributed by atoms with Gasteiger partial charge < -0.3 is 25.8 Å². The molecule has 1 heterocycles. The van der Waals surface area contributed by atoms with Gasteiger partial charge in [-0.05, 0) is 25.9 Å². The summed E-state index contributed by atoms with van der Waals surface area (Å²) in [5, 5.41) is 21.1. The zero-order chi connectivity index (χ0) is 14.6. The molecule has 1 aromatic heterocycles. The number of nitrogens with zero attached hydrogens (tertiary/aromatic N) is 3. The van der Waals surface area contributed by atoms with Crippen LogP contribution in [0.4, 0.5) is 5.82 Å². The summed E-state index contributed by atoms with van der Waals surface area (Å²) in [6.45, 7) is 4.71. The summed E-state index contributed by atoms with van der Waals surface area (Å²) in [4.78, 5) is 6.32. The number of hydrogen-bond donors (Lipinski definition) is 4. The number of rotatable bonds is 12. The molecule has 0 aliphatic heterocycles. The third kappa shape index (κ3) is 6.85. The van der Waals surface area contributed by atoms with Crippen molar-refractivity contribution in [1.82, 2.24) is 14.5 Å². The van der Waals surface area contributed by atoms with Gasteiger partial charge in [-0.25, -0.2) is 4.98 Å². The number of nitrogens with two attached hydrogens (primary N) is 1. The van der Waals surface area contributed by atoms with Gasteiger partial charge in [0.1, 0.15) is 5.82 Å². The third-order valence-electron chi connectivity index (χ3n) is 3.04. The lowest BCUT2D eigenvalue weighted by atomic mass is 10.3. The van der Waals surface area contributed by atoms with Gasteiger partial charge in [-0.15, -0.1) is 0 Å². The van der Waals surface area contributed by atoms with Gasteiger partial charge in [0.05, 0.1) is 19.5 Å². The van der Waals surface area contributed by atoms with Crippen molar-refractivity contribution in [2.45, 2.75) is 19.4 Å². The van der Waals surface area contributed by atoms with Crippen molar-refractivity contribution in [2.75, 3.05) is 51.3 Å². The van der Waals surface area contributed by atoms with Crippen LogP contribution in [0.3, 0.4) is 0 Å². The van der Waals surface area contributed by atoms with Gasteiger partial charge in [0.25, 0.3) is 0 Å². The molecule has 0 atom stereocenters. The highest BCUT2D eigenvalue weighted by Gasteiger charge is 2.03.